The van der Waals surface area contributed by atoms with Gasteiger partial charge >= 0.3 is 0 Å². The van der Waals surface area contributed by atoms with Crippen LogP contribution in [0.25, 0.3) is 0 Å². The first kappa shape index (κ1) is 14.6. The van der Waals surface area contributed by atoms with Crippen molar-refractivity contribution in [1.29, 1.82) is 0 Å². The van der Waals surface area contributed by atoms with Crippen molar-refractivity contribution >= 4 is 12.6 Å². The Labute approximate surface area is 116 Å². The van der Waals surface area contributed by atoms with Gasteiger partial charge in [0.15, 0.2) is 0 Å². The van der Waals surface area contributed by atoms with Gasteiger partial charge in [-0.2, -0.15) is 12.6 Å². The van der Waals surface area contributed by atoms with Crippen LogP contribution < -0.4 is 0 Å². The van der Waals surface area contributed by atoms with Gasteiger partial charge in [-0.3, -0.25) is 0 Å². The number of hydrogen-bond acceptors (Lipinski definition) is 4. The van der Waals surface area contributed by atoms with Crippen molar-refractivity contribution in [2.45, 2.75) is 38.7 Å². The Kier molecular flexibility index (Phi) is 5.36. The predicted molar refractivity (Wildman–Crippen MR) is 77.2 cm³/mol. The zero-order valence-electron chi connectivity index (χ0n) is 11.5. The highest BCUT2D eigenvalue weighted by atomic mass is 32.1. The van der Waals surface area contributed by atoms with E-state index >= 15 is 0 Å². The first-order valence-corrected chi connectivity index (χ1v) is 7.87. The summed E-state index contributed by atoms with van der Waals surface area (Å²) in [5, 5.41) is 9.63. The van der Waals surface area contributed by atoms with Crippen LogP contribution in [0.1, 0.15) is 32.6 Å². The van der Waals surface area contributed by atoms with Crippen LogP contribution in [-0.4, -0.2) is 54.7 Å². The second-order valence-electron chi connectivity index (χ2n) is 6.12. The molecule has 2 aliphatic rings. The van der Waals surface area contributed by atoms with E-state index in [2.05, 4.69) is 17.5 Å². The molecule has 0 spiro atoms. The lowest BCUT2D eigenvalue weighted by Crippen LogP contribution is -2.46. The number of nitrogens with zero attached hydrogens (tertiary/aromatic N) is 1. The summed E-state index contributed by atoms with van der Waals surface area (Å²) in [6.45, 7) is 7.13. The first-order valence-electron chi connectivity index (χ1n) is 7.24. The molecule has 106 valence electrons. The van der Waals surface area contributed by atoms with Crippen LogP contribution in [0.5, 0.6) is 0 Å². The SMILES string of the molecule is CC(O)C1CCN(CC2(CS)CCOCC2)CC1. The summed E-state index contributed by atoms with van der Waals surface area (Å²) in [6, 6.07) is 0. The summed E-state index contributed by atoms with van der Waals surface area (Å²) in [6.07, 6.45) is 4.42. The van der Waals surface area contributed by atoms with E-state index in [0.717, 1.165) is 64.3 Å². The minimum atomic E-state index is -0.144. The maximum absolute atomic E-state index is 9.63. The molecular formula is C14H27NO2S. The summed E-state index contributed by atoms with van der Waals surface area (Å²) >= 11 is 4.58. The van der Waals surface area contributed by atoms with Gasteiger partial charge in [0, 0.05) is 19.8 Å². The monoisotopic (exact) mass is 273 g/mol. The third-order valence-corrected chi connectivity index (χ3v) is 5.43. The van der Waals surface area contributed by atoms with Crippen LogP contribution >= 0.6 is 12.6 Å². The third kappa shape index (κ3) is 3.62. The Bertz CT molecular complexity index is 246. The Morgan fingerprint density at radius 2 is 1.94 bits per heavy atom. The van der Waals surface area contributed by atoms with Crippen molar-refractivity contribution in [2.24, 2.45) is 11.3 Å². The summed E-state index contributed by atoms with van der Waals surface area (Å²) in [7, 11) is 0. The fourth-order valence-corrected chi connectivity index (χ4v) is 3.65. The van der Waals surface area contributed by atoms with Crippen molar-refractivity contribution in [3.05, 3.63) is 0 Å². The van der Waals surface area contributed by atoms with Gasteiger partial charge in [0.1, 0.15) is 0 Å². The van der Waals surface area contributed by atoms with Crippen LogP contribution in [0, 0.1) is 11.3 Å². The lowest BCUT2D eigenvalue weighted by Gasteiger charge is -2.42. The number of hydrogen-bond donors (Lipinski definition) is 2. The molecule has 0 aromatic rings. The van der Waals surface area contributed by atoms with E-state index in [1.165, 1.54) is 0 Å². The second-order valence-corrected chi connectivity index (χ2v) is 6.44. The molecule has 2 fully saturated rings. The molecule has 4 heteroatoms. The highest BCUT2D eigenvalue weighted by Crippen LogP contribution is 2.34. The van der Waals surface area contributed by atoms with E-state index in [9.17, 15) is 5.11 Å². The highest BCUT2D eigenvalue weighted by molar-refractivity contribution is 7.80. The summed E-state index contributed by atoms with van der Waals surface area (Å²) in [4.78, 5) is 2.57. The van der Waals surface area contributed by atoms with Crippen molar-refractivity contribution in [2.75, 3.05) is 38.6 Å². The Morgan fingerprint density at radius 1 is 1.33 bits per heavy atom. The van der Waals surface area contributed by atoms with Crippen molar-refractivity contribution in [3.8, 4) is 0 Å². The quantitative estimate of drug-likeness (QED) is 0.766. The molecule has 18 heavy (non-hydrogen) atoms. The molecule has 0 saturated carbocycles. The van der Waals surface area contributed by atoms with Gasteiger partial charge in [0.05, 0.1) is 6.10 Å². The molecule has 0 amide bonds. The highest BCUT2D eigenvalue weighted by Gasteiger charge is 2.34. The van der Waals surface area contributed by atoms with E-state index in [1.54, 1.807) is 0 Å². The fraction of sp³-hybridized carbons (Fsp3) is 1.00. The molecule has 2 heterocycles. The van der Waals surface area contributed by atoms with Gasteiger partial charge < -0.3 is 14.7 Å². The molecule has 1 atom stereocenters. The molecule has 0 aliphatic carbocycles. The smallest absolute Gasteiger partial charge is 0.0541 e. The number of aliphatic hydroxyl groups excluding tert-OH is 1. The maximum atomic E-state index is 9.63. The number of thiol groups is 1. The standard InChI is InChI=1S/C14H27NO2S/c1-12(16)13-2-6-15(7-3-13)10-14(11-18)4-8-17-9-5-14/h12-13,16,18H,2-11H2,1H3. The number of piperidine rings is 1. The molecule has 0 radical (unpaired) electrons. The maximum Gasteiger partial charge on any atom is 0.0541 e. The molecule has 1 unspecified atom stereocenters. The average Bonchev–Trinajstić information content (AvgIpc) is 2.40. The molecular weight excluding hydrogens is 246 g/mol. The van der Waals surface area contributed by atoms with E-state index in [1.807, 2.05) is 6.92 Å². The van der Waals surface area contributed by atoms with Crippen molar-refractivity contribution in [1.82, 2.24) is 4.90 Å². The molecule has 2 saturated heterocycles. The fourth-order valence-electron chi connectivity index (χ4n) is 3.24. The largest absolute Gasteiger partial charge is 0.393 e. The van der Waals surface area contributed by atoms with Crippen LogP contribution in [-0.2, 0) is 4.74 Å². The Balaban J connectivity index is 1.82. The van der Waals surface area contributed by atoms with Crippen molar-refractivity contribution < 1.29 is 9.84 Å². The van der Waals surface area contributed by atoms with E-state index in [0.29, 0.717) is 11.3 Å². The zero-order chi connectivity index (χ0) is 13.0. The van der Waals surface area contributed by atoms with Crippen LogP contribution in [0.15, 0.2) is 0 Å². The first-order chi connectivity index (χ1) is 8.65. The molecule has 3 nitrogen and oxygen atoms in total. The Hall–Kier alpha value is 0.230. The number of aliphatic hydroxyl groups is 1. The zero-order valence-corrected chi connectivity index (χ0v) is 12.4. The van der Waals surface area contributed by atoms with E-state index in [4.69, 9.17) is 4.74 Å². The summed E-state index contributed by atoms with van der Waals surface area (Å²) < 4.78 is 5.48. The predicted octanol–water partition coefficient (Wildman–Crippen LogP) is 1.81. The Morgan fingerprint density at radius 3 is 2.44 bits per heavy atom. The van der Waals surface area contributed by atoms with Crippen LogP contribution in [0.4, 0.5) is 0 Å². The number of likely N-dealkylation sites (tertiary alicyclic amines) is 1. The molecule has 2 aliphatic heterocycles. The summed E-state index contributed by atoms with van der Waals surface area (Å²) in [5.74, 6) is 1.47. The van der Waals surface area contributed by atoms with Gasteiger partial charge in [0.25, 0.3) is 0 Å². The second kappa shape index (κ2) is 6.60. The van der Waals surface area contributed by atoms with Gasteiger partial charge in [-0.15, -0.1) is 0 Å². The summed E-state index contributed by atoms with van der Waals surface area (Å²) in [5.41, 5.74) is 0.360. The lowest BCUT2D eigenvalue weighted by atomic mass is 9.80. The molecule has 0 aromatic heterocycles. The van der Waals surface area contributed by atoms with Gasteiger partial charge in [-0.05, 0) is 62.8 Å². The van der Waals surface area contributed by atoms with E-state index in [-0.39, 0.29) is 6.10 Å². The van der Waals surface area contributed by atoms with Gasteiger partial charge in [-0.25, -0.2) is 0 Å². The van der Waals surface area contributed by atoms with Crippen molar-refractivity contribution in [3.63, 3.8) is 0 Å². The minimum Gasteiger partial charge on any atom is -0.393 e. The normalized spacial score (nSPS) is 28.2. The molecule has 1 N–H and O–H groups in total. The minimum absolute atomic E-state index is 0.144. The topological polar surface area (TPSA) is 32.7 Å². The molecule has 2 rings (SSSR count). The third-order valence-electron chi connectivity index (χ3n) is 4.76. The molecule has 0 aromatic carbocycles. The molecule has 0 bridgehead atoms. The van der Waals surface area contributed by atoms with Gasteiger partial charge in [0.2, 0.25) is 0 Å². The van der Waals surface area contributed by atoms with Crippen LogP contribution in [0.2, 0.25) is 0 Å². The number of ether oxygens (including phenoxy) is 1. The lowest BCUT2D eigenvalue weighted by molar-refractivity contribution is -0.00387. The van der Waals surface area contributed by atoms with Crippen LogP contribution in [0.3, 0.4) is 0 Å². The average molecular weight is 273 g/mol. The number of rotatable bonds is 4. The van der Waals surface area contributed by atoms with Gasteiger partial charge in [-0.1, -0.05) is 0 Å². The van der Waals surface area contributed by atoms with E-state index < -0.39 is 0 Å².